The number of rotatable bonds is 2. The molecule has 0 aromatic carbocycles. The summed E-state index contributed by atoms with van der Waals surface area (Å²) < 4.78 is 0.230. The van der Waals surface area contributed by atoms with Crippen LogP contribution < -0.4 is 11.3 Å². The molecule has 1 amide bonds. The SMILES string of the molecule is NC(=O)Cc1c[nH]c(=S)[nH]c1=O. The lowest BCUT2D eigenvalue weighted by Gasteiger charge is -1.94. The zero-order valence-corrected chi connectivity index (χ0v) is 6.90. The Balaban J connectivity index is 3.10. The predicted octanol–water partition coefficient (Wildman–Crippen LogP) is -0.540. The molecule has 0 aliphatic rings. The van der Waals surface area contributed by atoms with Crippen molar-refractivity contribution in [1.29, 1.82) is 0 Å². The second-order valence-corrected chi connectivity index (χ2v) is 2.65. The van der Waals surface area contributed by atoms with Gasteiger partial charge in [-0.3, -0.25) is 14.6 Å². The number of amides is 1. The van der Waals surface area contributed by atoms with Crippen LogP contribution in [0.15, 0.2) is 11.0 Å². The number of primary amides is 1. The molecule has 0 aliphatic carbocycles. The van der Waals surface area contributed by atoms with Gasteiger partial charge in [0.05, 0.1) is 6.42 Å². The van der Waals surface area contributed by atoms with Gasteiger partial charge in [-0.1, -0.05) is 0 Å². The summed E-state index contributed by atoms with van der Waals surface area (Å²) in [4.78, 5) is 26.4. The summed E-state index contributed by atoms with van der Waals surface area (Å²) in [6.07, 6.45) is 1.30. The van der Waals surface area contributed by atoms with Crippen molar-refractivity contribution in [3.63, 3.8) is 0 Å². The summed E-state index contributed by atoms with van der Waals surface area (Å²) in [6.45, 7) is 0. The van der Waals surface area contributed by atoms with Gasteiger partial charge in [-0.25, -0.2) is 0 Å². The number of aromatic amines is 2. The number of aromatic nitrogens is 2. The van der Waals surface area contributed by atoms with Crippen LogP contribution in [-0.2, 0) is 11.2 Å². The first-order valence-corrected chi connectivity index (χ1v) is 3.59. The van der Waals surface area contributed by atoms with E-state index in [0.717, 1.165) is 0 Å². The van der Waals surface area contributed by atoms with E-state index in [9.17, 15) is 9.59 Å². The number of hydrogen-bond acceptors (Lipinski definition) is 3. The molecule has 0 radical (unpaired) electrons. The summed E-state index contributed by atoms with van der Waals surface area (Å²) >= 11 is 4.65. The monoisotopic (exact) mass is 185 g/mol. The van der Waals surface area contributed by atoms with Gasteiger partial charge in [0.2, 0.25) is 5.91 Å². The minimum absolute atomic E-state index is 0.0819. The largest absolute Gasteiger partial charge is 0.369 e. The Hall–Kier alpha value is -1.43. The highest BCUT2D eigenvalue weighted by molar-refractivity contribution is 7.71. The molecule has 1 aromatic heterocycles. The van der Waals surface area contributed by atoms with Crippen LogP contribution in [0.4, 0.5) is 0 Å². The molecule has 1 rings (SSSR count). The normalized spacial score (nSPS) is 9.67. The first kappa shape index (κ1) is 8.66. The zero-order valence-electron chi connectivity index (χ0n) is 6.09. The molecule has 1 heterocycles. The highest BCUT2D eigenvalue weighted by Gasteiger charge is 2.02. The average Bonchev–Trinajstić information content (AvgIpc) is 1.94. The van der Waals surface area contributed by atoms with E-state index in [1.165, 1.54) is 6.20 Å². The third-order valence-corrected chi connectivity index (χ3v) is 1.48. The second kappa shape index (κ2) is 3.31. The zero-order chi connectivity index (χ0) is 9.14. The average molecular weight is 185 g/mol. The molecule has 6 heteroatoms. The molecule has 64 valence electrons. The maximum absolute atomic E-state index is 11.0. The molecular formula is C6H7N3O2S. The van der Waals surface area contributed by atoms with E-state index in [-0.39, 0.29) is 22.3 Å². The van der Waals surface area contributed by atoms with Crippen LogP contribution in [0.2, 0.25) is 0 Å². The van der Waals surface area contributed by atoms with E-state index in [4.69, 9.17) is 5.73 Å². The number of H-pyrrole nitrogens is 2. The van der Waals surface area contributed by atoms with Gasteiger partial charge in [0, 0.05) is 11.8 Å². The standard InChI is InChI=1S/C6H7N3O2S/c7-4(10)1-3-2-8-6(12)9-5(3)11/h2H,1H2,(H2,7,10)(H2,8,9,11,12). The van der Waals surface area contributed by atoms with Gasteiger partial charge in [-0.15, -0.1) is 0 Å². The topological polar surface area (TPSA) is 91.7 Å². The highest BCUT2D eigenvalue weighted by Crippen LogP contribution is 1.87. The lowest BCUT2D eigenvalue weighted by Crippen LogP contribution is -2.21. The first-order valence-electron chi connectivity index (χ1n) is 3.19. The molecule has 5 nitrogen and oxygen atoms in total. The van der Waals surface area contributed by atoms with Gasteiger partial charge in [0.1, 0.15) is 0 Å². The third-order valence-electron chi connectivity index (χ3n) is 1.26. The molecule has 4 N–H and O–H groups in total. The molecule has 0 aliphatic heterocycles. The van der Waals surface area contributed by atoms with Crippen molar-refractivity contribution in [2.75, 3.05) is 0 Å². The molecule has 0 spiro atoms. The van der Waals surface area contributed by atoms with Crippen molar-refractivity contribution in [2.45, 2.75) is 6.42 Å². The fraction of sp³-hybridized carbons (Fsp3) is 0.167. The lowest BCUT2D eigenvalue weighted by atomic mass is 10.2. The Morgan fingerprint density at radius 2 is 2.33 bits per heavy atom. The van der Waals surface area contributed by atoms with E-state index in [2.05, 4.69) is 22.2 Å². The summed E-state index contributed by atoms with van der Waals surface area (Å²) in [5.74, 6) is -0.550. The molecular weight excluding hydrogens is 178 g/mol. The van der Waals surface area contributed by atoms with E-state index in [1.807, 2.05) is 0 Å². The van der Waals surface area contributed by atoms with Crippen LogP contribution in [0.3, 0.4) is 0 Å². The van der Waals surface area contributed by atoms with Gasteiger partial charge >= 0.3 is 0 Å². The second-order valence-electron chi connectivity index (χ2n) is 2.24. The van der Waals surface area contributed by atoms with Crippen LogP contribution in [-0.4, -0.2) is 15.9 Å². The number of carbonyl (C=O) groups excluding carboxylic acids is 1. The van der Waals surface area contributed by atoms with Crippen LogP contribution in [0.1, 0.15) is 5.56 Å². The number of nitrogens with one attached hydrogen (secondary N) is 2. The summed E-state index contributed by atoms with van der Waals surface area (Å²) in [5.41, 5.74) is 4.81. The Bertz CT molecular complexity index is 406. The summed E-state index contributed by atoms with van der Waals surface area (Å²) in [6, 6.07) is 0. The maximum Gasteiger partial charge on any atom is 0.255 e. The molecule has 0 bridgehead atoms. The van der Waals surface area contributed by atoms with E-state index < -0.39 is 5.91 Å². The van der Waals surface area contributed by atoms with Crippen LogP contribution >= 0.6 is 12.2 Å². The molecule has 12 heavy (non-hydrogen) atoms. The van der Waals surface area contributed by atoms with Crippen molar-refractivity contribution in [3.8, 4) is 0 Å². The van der Waals surface area contributed by atoms with Crippen LogP contribution in [0.25, 0.3) is 0 Å². The molecule has 0 atom stereocenters. The van der Waals surface area contributed by atoms with Crippen molar-refractivity contribution in [3.05, 3.63) is 26.9 Å². The minimum atomic E-state index is -0.550. The van der Waals surface area contributed by atoms with Crippen LogP contribution in [0, 0.1) is 4.77 Å². The van der Waals surface area contributed by atoms with Crippen LogP contribution in [0.5, 0.6) is 0 Å². The number of nitrogens with two attached hydrogens (primary N) is 1. The third kappa shape index (κ3) is 2.03. The molecule has 0 fully saturated rings. The van der Waals surface area contributed by atoms with E-state index >= 15 is 0 Å². The molecule has 0 unspecified atom stereocenters. The fourth-order valence-corrected chi connectivity index (χ4v) is 0.908. The van der Waals surface area contributed by atoms with Gasteiger partial charge in [-0.05, 0) is 12.2 Å². The van der Waals surface area contributed by atoms with Gasteiger partial charge in [-0.2, -0.15) is 0 Å². The smallest absolute Gasteiger partial charge is 0.255 e. The van der Waals surface area contributed by atoms with E-state index in [1.54, 1.807) is 0 Å². The highest BCUT2D eigenvalue weighted by atomic mass is 32.1. The quantitative estimate of drug-likeness (QED) is 0.540. The summed E-state index contributed by atoms with van der Waals surface area (Å²) in [5, 5.41) is 0. The Labute approximate surface area is 72.6 Å². The number of carbonyl (C=O) groups is 1. The molecule has 0 saturated heterocycles. The number of hydrogen-bond donors (Lipinski definition) is 3. The Morgan fingerprint density at radius 3 is 2.83 bits per heavy atom. The van der Waals surface area contributed by atoms with Gasteiger partial charge < -0.3 is 10.7 Å². The predicted molar refractivity (Wildman–Crippen MR) is 45.1 cm³/mol. The first-order chi connectivity index (χ1) is 5.59. The summed E-state index contributed by atoms with van der Waals surface area (Å²) in [7, 11) is 0. The van der Waals surface area contributed by atoms with Crippen molar-refractivity contribution in [2.24, 2.45) is 5.73 Å². The molecule has 1 aromatic rings. The van der Waals surface area contributed by atoms with E-state index in [0.29, 0.717) is 0 Å². The lowest BCUT2D eigenvalue weighted by molar-refractivity contribution is -0.117. The maximum atomic E-state index is 11.0. The fourth-order valence-electron chi connectivity index (χ4n) is 0.757. The Morgan fingerprint density at radius 1 is 1.67 bits per heavy atom. The van der Waals surface area contributed by atoms with Crippen molar-refractivity contribution in [1.82, 2.24) is 9.97 Å². The molecule has 0 saturated carbocycles. The van der Waals surface area contributed by atoms with Crippen molar-refractivity contribution < 1.29 is 4.79 Å². The van der Waals surface area contributed by atoms with Gasteiger partial charge in [0.15, 0.2) is 4.77 Å². The minimum Gasteiger partial charge on any atom is -0.369 e. The van der Waals surface area contributed by atoms with Crippen molar-refractivity contribution >= 4 is 18.1 Å². The van der Waals surface area contributed by atoms with Gasteiger partial charge in [0.25, 0.3) is 5.56 Å². The Kier molecular flexibility index (Phi) is 2.39.